The summed E-state index contributed by atoms with van der Waals surface area (Å²) in [5.41, 5.74) is 0. The van der Waals surface area contributed by atoms with Crippen LogP contribution in [0.5, 0.6) is 0 Å². The molecule has 2 heterocycles. The molecule has 0 amide bonds. The molecule has 0 saturated carbocycles. The van der Waals surface area contributed by atoms with Crippen LogP contribution in [0, 0.1) is 0 Å². The predicted octanol–water partition coefficient (Wildman–Crippen LogP) is 0.773. The van der Waals surface area contributed by atoms with Crippen molar-refractivity contribution in [3.8, 4) is 0 Å². The molecule has 1 N–H and O–H groups in total. The smallest absolute Gasteiger partial charge is 0.265 e. The van der Waals surface area contributed by atoms with Gasteiger partial charge in [-0.25, -0.2) is 0 Å². The molecule has 0 bridgehead atoms. The third-order valence-electron chi connectivity index (χ3n) is 2.69. The van der Waals surface area contributed by atoms with Crippen LogP contribution >= 0.6 is 11.8 Å². The Balaban J connectivity index is 1.91. The number of aromatic nitrogens is 2. The van der Waals surface area contributed by atoms with E-state index in [1.54, 1.807) is 0 Å². The van der Waals surface area contributed by atoms with E-state index in [-0.39, 0.29) is 0 Å². The minimum atomic E-state index is 0.471. The van der Waals surface area contributed by atoms with Gasteiger partial charge < -0.3 is 14.7 Å². The first kappa shape index (κ1) is 11.7. The number of anilines is 1. The first-order valence-electron chi connectivity index (χ1n) is 5.64. The van der Waals surface area contributed by atoms with Crippen LogP contribution in [0.3, 0.4) is 0 Å². The van der Waals surface area contributed by atoms with Crippen LogP contribution in [0.25, 0.3) is 0 Å². The minimum Gasteiger partial charge on any atom is -0.342 e. The number of rotatable bonds is 4. The molecule has 0 aliphatic carbocycles. The summed E-state index contributed by atoms with van der Waals surface area (Å²) in [5.74, 6) is 3.74. The molecule has 1 aromatic rings. The number of hydrogen-bond acceptors (Lipinski definition) is 6. The lowest BCUT2D eigenvalue weighted by molar-refractivity contribution is 0.362. The van der Waals surface area contributed by atoms with Crippen molar-refractivity contribution in [2.75, 3.05) is 36.5 Å². The van der Waals surface area contributed by atoms with Gasteiger partial charge in [0.25, 0.3) is 5.95 Å². The van der Waals surface area contributed by atoms with Gasteiger partial charge in [0.05, 0.1) is 0 Å². The summed E-state index contributed by atoms with van der Waals surface area (Å²) < 4.78 is 5.24. The summed E-state index contributed by atoms with van der Waals surface area (Å²) in [6.45, 7) is 4.02. The molecule has 0 spiro atoms. The first-order valence-corrected chi connectivity index (χ1v) is 6.80. The van der Waals surface area contributed by atoms with Crippen LogP contribution in [0.1, 0.15) is 12.8 Å². The average Bonchev–Trinajstić information content (AvgIpc) is 2.78. The van der Waals surface area contributed by atoms with E-state index in [4.69, 9.17) is 4.52 Å². The van der Waals surface area contributed by atoms with Crippen molar-refractivity contribution in [3.63, 3.8) is 0 Å². The van der Waals surface area contributed by atoms with Crippen molar-refractivity contribution in [1.82, 2.24) is 15.5 Å². The highest BCUT2D eigenvalue weighted by Crippen LogP contribution is 2.13. The van der Waals surface area contributed by atoms with Gasteiger partial charge in [-0.3, -0.25) is 0 Å². The maximum absolute atomic E-state index is 5.24. The van der Waals surface area contributed by atoms with E-state index >= 15 is 0 Å². The summed E-state index contributed by atoms with van der Waals surface area (Å²) in [6.07, 6.45) is 0.831. The highest BCUT2D eigenvalue weighted by Gasteiger charge is 2.17. The van der Waals surface area contributed by atoms with E-state index in [2.05, 4.69) is 22.4 Å². The zero-order valence-corrected chi connectivity index (χ0v) is 10.6. The lowest BCUT2D eigenvalue weighted by atomic mass is 10.2. The maximum atomic E-state index is 5.24. The number of nitrogens with one attached hydrogen (secondary N) is 1. The van der Waals surface area contributed by atoms with Gasteiger partial charge in [0.2, 0.25) is 5.89 Å². The Kier molecular flexibility index (Phi) is 4.06. The van der Waals surface area contributed by atoms with Crippen LogP contribution in [0.4, 0.5) is 5.95 Å². The standard InChI is InChI=1S/C10H18N4OS/c1-3-14(2)10-12-9(15-13-10)6-8-7-16-5-4-11-8/h8,11H,3-7H2,1-2H3. The molecule has 16 heavy (non-hydrogen) atoms. The average molecular weight is 242 g/mol. The zero-order chi connectivity index (χ0) is 11.4. The molecule has 90 valence electrons. The quantitative estimate of drug-likeness (QED) is 0.842. The van der Waals surface area contributed by atoms with Crippen molar-refractivity contribution < 1.29 is 4.52 Å². The molecule has 1 fully saturated rings. The summed E-state index contributed by atoms with van der Waals surface area (Å²) in [4.78, 5) is 6.34. The number of nitrogens with zero attached hydrogens (tertiary/aromatic N) is 3. The van der Waals surface area contributed by atoms with Gasteiger partial charge in [-0.2, -0.15) is 16.7 Å². The molecule has 1 atom stereocenters. The third kappa shape index (κ3) is 2.89. The first-order chi connectivity index (χ1) is 7.79. The molecule has 1 aliphatic rings. The van der Waals surface area contributed by atoms with Gasteiger partial charge in [0.1, 0.15) is 0 Å². The lowest BCUT2D eigenvalue weighted by Gasteiger charge is -2.21. The minimum absolute atomic E-state index is 0.471. The van der Waals surface area contributed by atoms with Gasteiger partial charge in [0.15, 0.2) is 0 Å². The van der Waals surface area contributed by atoms with E-state index in [1.165, 1.54) is 5.75 Å². The lowest BCUT2D eigenvalue weighted by Crippen LogP contribution is -2.38. The molecule has 5 nitrogen and oxygen atoms in total. The molecule has 1 saturated heterocycles. The topological polar surface area (TPSA) is 54.2 Å². The SMILES string of the molecule is CCN(C)c1noc(CC2CSCCN2)n1. The molecule has 0 aromatic carbocycles. The largest absolute Gasteiger partial charge is 0.342 e. The fourth-order valence-corrected chi connectivity index (χ4v) is 2.54. The molecular formula is C10H18N4OS. The molecule has 0 radical (unpaired) electrons. The van der Waals surface area contributed by atoms with Crippen LogP contribution in [0.2, 0.25) is 0 Å². The molecular weight excluding hydrogens is 224 g/mol. The van der Waals surface area contributed by atoms with Gasteiger partial charge >= 0.3 is 0 Å². The Labute approximate surface area is 100.0 Å². The summed E-state index contributed by atoms with van der Waals surface area (Å²) in [7, 11) is 1.96. The highest BCUT2D eigenvalue weighted by molar-refractivity contribution is 7.99. The monoisotopic (exact) mass is 242 g/mol. The number of hydrogen-bond donors (Lipinski definition) is 1. The van der Waals surface area contributed by atoms with Crippen LogP contribution in [-0.2, 0) is 6.42 Å². The Bertz CT molecular complexity index is 324. The van der Waals surface area contributed by atoms with E-state index in [0.29, 0.717) is 12.0 Å². The van der Waals surface area contributed by atoms with Crippen molar-refractivity contribution in [2.45, 2.75) is 19.4 Å². The third-order valence-corrected chi connectivity index (χ3v) is 3.82. The fourth-order valence-electron chi connectivity index (χ4n) is 1.59. The van der Waals surface area contributed by atoms with Gasteiger partial charge in [-0.05, 0) is 12.1 Å². The van der Waals surface area contributed by atoms with Crippen molar-refractivity contribution in [2.24, 2.45) is 0 Å². The second kappa shape index (κ2) is 5.54. The molecule has 1 aromatic heterocycles. The Morgan fingerprint density at radius 1 is 1.62 bits per heavy atom. The summed E-state index contributed by atoms with van der Waals surface area (Å²) in [6, 6.07) is 0.471. The summed E-state index contributed by atoms with van der Waals surface area (Å²) in [5, 5.41) is 7.42. The van der Waals surface area contributed by atoms with Crippen LogP contribution < -0.4 is 10.2 Å². The van der Waals surface area contributed by atoms with Crippen molar-refractivity contribution in [1.29, 1.82) is 0 Å². The highest BCUT2D eigenvalue weighted by atomic mass is 32.2. The maximum Gasteiger partial charge on any atom is 0.265 e. The molecule has 2 rings (SSSR count). The van der Waals surface area contributed by atoms with E-state index in [9.17, 15) is 0 Å². The summed E-state index contributed by atoms with van der Waals surface area (Å²) >= 11 is 1.98. The Morgan fingerprint density at radius 2 is 2.50 bits per heavy atom. The fraction of sp³-hybridized carbons (Fsp3) is 0.800. The Hall–Kier alpha value is -0.750. The van der Waals surface area contributed by atoms with Gasteiger partial charge in [-0.1, -0.05) is 0 Å². The number of thioether (sulfide) groups is 1. The predicted molar refractivity (Wildman–Crippen MR) is 66.1 cm³/mol. The van der Waals surface area contributed by atoms with E-state index in [1.807, 2.05) is 23.7 Å². The second-order valence-corrected chi connectivity index (χ2v) is 5.08. The molecule has 1 unspecified atom stereocenters. The normalized spacial score (nSPS) is 21.0. The molecule has 6 heteroatoms. The van der Waals surface area contributed by atoms with Crippen LogP contribution in [-0.4, -0.2) is 47.8 Å². The zero-order valence-electron chi connectivity index (χ0n) is 9.77. The van der Waals surface area contributed by atoms with Crippen molar-refractivity contribution >= 4 is 17.7 Å². The van der Waals surface area contributed by atoms with Gasteiger partial charge in [-0.15, -0.1) is 0 Å². The van der Waals surface area contributed by atoms with Crippen LogP contribution in [0.15, 0.2) is 4.52 Å². The second-order valence-electron chi connectivity index (χ2n) is 3.93. The van der Waals surface area contributed by atoms with E-state index < -0.39 is 0 Å². The van der Waals surface area contributed by atoms with Crippen molar-refractivity contribution in [3.05, 3.63) is 5.89 Å². The van der Waals surface area contributed by atoms with E-state index in [0.717, 1.165) is 31.2 Å². The van der Waals surface area contributed by atoms with Gasteiger partial charge in [0, 0.05) is 44.1 Å². The Morgan fingerprint density at radius 3 is 3.19 bits per heavy atom. The molecule has 1 aliphatic heterocycles.